The number of benzene rings is 2. The number of hydrogen-bond acceptors (Lipinski definition) is 5. The van der Waals surface area contributed by atoms with Crippen LogP contribution in [0.25, 0.3) is 17.3 Å². The highest BCUT2D eigenvalue weighted by Gasteiger charge is 2.22. The number of aromatic hydroxyl groups is 2. The van der Waals surface area contributed by atoms with Gasteiger partial charge in [-0.1, -0.05) is 17.7 Å². The summed E-state index contributed by atoms with van der Waals surface area (Å²) >= 11 is 0. The van der Waals surface area contributed by atoms with Gasteiger partial charge in [0.15, 0.2) is 5.82 Å². The van der Waals surface area contributed by atoms with Crippen molar-refractivity contribution < 1.29 is 15.0 Å². The van der Waals surface area contributed by atoms with Gasteiger partial charge in [-0.15, -0.1) is 0 Å². The molecule has 0 atom stereocenters. The Balaban J connectivity index is 1.68. The van der Waals surface area contributed by atoms with Crippen molar-refractivity contribution in [2.45, 2.75) is 33.1 Å². The van der Waals surface area contributed by atoms with Gasteiger partial charge in [0.05, 0.1) is 17.8 Å². The number of allylic oxidation sites excluding steroid dienone is 1. The molecule has 1 amide bonds. The molecule has 0 bridgehead atoms. The zero-order chi connectivity index (χ0) is 21.3. The van der Waals surface area contributed by atoms with Crippen molar-refractivity contribution in [1.29, 1.82) is 0 Å². The van der Waals surface area contributed by atoms with Crippen LogP contribution in [0.4, 0.5) is 5.82 Å². The molecule has 0 spiro atoms. The lowest BCUT2D eigenvalue weighted by atomic mass is 9.91. The molecule has 0 radical (unpaired) electrons. The first-order valence-electron chi connectivity index (χ1n) is 9.85. The average molecular weight is 401 g/mol. The molecule has 1 heterocycles. The zero-order valence-electron chi connectivity index (χ0n) is 16.9. The molecule has 0 saturated carbocycles. The predicted octanol–water partition coefficient (Wildman–Crippen LogP) is 4.26. The van der Waals surface area contributed by atoms with Crippen LogP contribution in [0.3, 0.4) is 0 Å². The summed E-state index contributed by atoms with van der Waals surface area (Å²) in [7, 11) is 0. The number of carbonyl (C=O) groups excluding carboxylic acids is 1. The third-order valence-electron chi connectivity index (χ3n) is 4.95. The van der Waals surface area contributed by atoms with Gasteiger partial charge in [-0.3, -0.25) is 4.79 Å². The molecule has 1 aliphatic carbocycles. The molecule has 3 aromatic rings. The van der Waals surface area contributed by atoms with Crippen LogP contribution < -0.4 is 5.32 Å². The van der Waals surface area contributed by atoms with E-state index in [1.165, 1.54) is 0 Å². The van der Waals surface area contributed by atoms with Gasteiger partial charge in [-0.2, -0.15) is 0 Å². The van der Waals surface area contributed by atoms with Crippen molar-refractivity contribution in [3.63, 3.8) is 0 Å². The molecule has 0 fully saturated rings. The van der Waals surface area contributed by atoms with Crippen molar-refractivity contribution in [1.82, 2.24) is 9.97 Å². The third kappa shape index (κ3) is 4.17. The van der Waals surface area contributed by atoms with E-state index in [9.17, 15) is 15.0 Å². The van der Waals surface area contributed by atoms with Gasteiger partial charge in [-0.25, -0.2) is 9.97 Å². The van der Waals surface area contributed by atoms with Crippen LogP contribution in [0.1, 0.15) is 36.4 Å². The summed E-state index contributed by atoms with van der Waals surface area (Å²) in [5.74, 6) is 0.660. The van der Waals surface area contributed by atoms with Crippen LogP contribution in [0.5, 0.6) is 11.5 Å². The summed E-state index contributed by atoms with van der Waals surface area (Å²) in [5, 5.41) is 22.1. The van der Waals surface area contributed by atoms with Gasteiger partial charge >= 0.3 is 0 Å². The highest BCUT2D eigenvalue weighted by atomic mass is 16.3. The highest BCUT2D eigenvalue weighted by Crippen LogP contribution is 2.35. The number of nitrogens with zero attached hydrogens (tertiary/aromatic N) is 2. The summed E-state index contributed by atoms with van der Waals surface area (Å²) < 4.78 is 0. The number of hydrogen-bond donors (Lipinski definition) is 3. The fourth-order valence-electron chi connectivity index (χ4n) is 3.59. The molecule has 152 valence electrons. The van der Waals surface area contributed by atoms with Crippen molar-refractivity contribution in [3.05, 3.63) is 70.6 Å². The van der Waals surface area contributed by atoms with Crippen molar-refractivity contribution in [3.8, 4) is 22.8 Å². The fraction of sp³-hybridized carbons (Fsp3) is 0.208. The lowest BCUT2D eigenvalue weighted by Crippen LogP contribution is -2.19. The van der Waals surface area contributed by atoms with E-state index < -0.39 is 0 Å². The molecule has 1 aliphatic rings. The van der Waals surface area contributed by atoms with Crippen LogP contribution >= 0.6 is 0 Å². The van der Waals surface area contributed by atoms with Gasteiger partial charge in [0.2, 0.25) is 5.91 Å². The number of phenols is 2. The first-order chi connectivity index (χ1) is 14.4. The number of aryl methyl sites for hydroxylation is 2. The normalized spacial score (nSPS) is 11.9. The molecule has 1 aromatic heterocycles. The Bertz CT molecular complexity index is 1150. The number of anilines is 1. The standard InChI is InChI=1S/C24H23N3O3/c1-14(2)11-21-24(27-22(30)12-15-3-6-17(28)7-4-15)26-20-10-5-16-13-18(29)8-9-19(16)23(20)25-21/h3-4,6-9,11,13,28-29H,5,10,12H2,1-2H3,(H,26,27,30). The molecule has 3 N–H and O–H groups in total. The molecule has 30 heavy (non-hydrogen) atoms. The number of carbonyl (C=O) groups is 1. The van der Waals surface area contributed by atoms with E-state index in [0.717, 1.165) is 40.1 Å². The Morgan fingerprint density at radius 2 is 1.77 bits per heavy atom. The van der Waals surface area contributed by atoms with E-state index >= 15 is 0 Å². The van der Waals surface area contributed by atoms with Gasteiger partial charge in [0.25, 0.3) is 0 Å². The van der Waals surface area contributed by atoms with Crippen LogP contribution in [0, 0.1) is 0 Å². The molecule has 0 aliphatic heterocycles. The third-order valence-corrected chi connectivity index (χ3v) is 4.95. The van der Waals surface area contributed by atoms with E-state index in [0.29, 0.717) is 17.9 Å². The van der Waals surface area contributed by atoms with Gasteiger partial charge in [0.1, 0.15) is 17.2 Å². The molecule has 0 saturated heterocycles. The first kappa shape index (κ1) is 19.6. The second-order valence-corrected chi connectivity index (χ2v) is 7.71. The van der Waals surface area contributed by atoms with Crippen LogP contribution in [-0.4, -0.2) is 26.1 Å². The monoisotopic (exact) mass is 401 g/mol. The molecule has 6 nitrogen and oxygen atoms in total. The van der Waals surface area contributed by atoms with Crippen molar-refractivity contribution in [2.75, 3.05) is 5.32 Å². The number of rotatable bonds is 4. The average Bonchev–Trinajstić information content (AvgIpc) is 2.69. The molecule has 2 aromatic carbocycles. The van der Waals surface area contributed by atoms with Gasteiger partial charge < -0.3 is 15.5 Å². The summed E-state index contributed by atoms with van der Waals surface area (Å²) in [4.78, 5) is 22.2. The summed E-state index contributed by atoms with van der Waals surface area (Å²) in [5.41, 5.74) is 6.08. The Morgan fingerprint density at radius 3 is 2.50 bits per heavy atom. The van der Waals surface area contributed by atoms with E-state index in [4.69, 9.17) is 9.97 Å². The highest BCUT2D eigenvalue weighted by molar-refractivity contribution is 5.93. The van der Waals surface area contributed by atoms with Gasteiger partial charge in [-0.05, 0) is 74.2 Å². The Labute approximate surface area is 175 Å². The second-order valence-electron chi connectivity index (χ2n) is 7.71. The lowest BCUT2D eigenvalue weighted by Gasteiger charge is -2.20. The van der Waals surface area contributed by atoms with Gasteiger partial charge in [0, 0.05) is 5.56 Å². The lowest BCUT2D eigenvalue weighted by molar-refractivity contribution is -0.115. The number of nitrogens with one attached hydrogen (secondary N) is 1. The quantitative estimate of drug-likeness (QED) is 0.607. The second kappa shape index (κ2) is 7.99. The first-order valence-corrected chi connectivity index (χ1v) is 9.85. The van der Waals surface area contributed by atoms with E-state index in [1.807, 2.05) is 26.0 Å². The predicted molar refractivity (Wildman–Crippen MR) is 116 cm³/mol. The topological polar surface area (TPSA) is 95.3 Å². The Kier molecular flexibility index (Phi) is 5.23. The summed E-state index contributed by atoms with van der Waals surface area (Å²) in [6, 6.07) is 11.9. The van der Waals surface area contributed by atoms with Crippen molar-refractivity contribution >= 4 is 17.8 Å². The zero-order valence-corrected chi connectivity index (χ0v) is 16.9. The Morgan fingerprint density at radius 1 is 1.03 bits per heavy atom. The van der Waals surface area contributed by atoms with E-state index in [-0.39, 0.29) is 23.8 Å². The van der Waals surface area contributed by atoms with Crippen LogP contribution in [0.2, 0.25) is 0 Å². The summed E-state index contributed by atoms with van der Waals surface area (Å²) in [6.07, 6.45) is 3.52. The van der Waals surface area contributed by atoms with Crippen LogP contribution in [0.15, 0.2) is 48.0 Å². The Hall–Kier alpha value is -3.67. The molecule has 4 rings (SSSR count). The smallest absolute Gasteiger partial charge is 0.230 e. The molecule has 6 heteroatoms. The van der Waals surface area contributed by atoms with Crippen molar-refractivity contribution in [2.24, 2.45) is 0 Å². The minimum Gasteiger partial charge on any atom is -0.508 e. The van der Waals surface area contributed by atoms with E-state index in [2.05, 4.69) is 5.32 Å². The fourth-order valence-corrected chi connectivity index (χ4v) is 3.59. The number of fused-ring (bicyclic) bond motifs is 3. The molecular formula is C24H23N3O3. The maximum absolute atomic E-state index is 12.6. The minimum atomic E-state index is -0.195. The minimum absolute atomic E-state index is 0.166. The van der Waals surface area contributed by atoms with Crippen LogP contribution in [-0.2, 0) is 24.1 Å². The number of amides is 1. The largest absolute Gasteiger partial charge is 0.508 e. The molecule has 0 unspecified atom stereocenters. The number of phenolic OH excluding ortho intramolecular Hbond substituents is 2. The maximum atomic E-state index is 12.6. The molecular weight excluding hydrogens is 378 g/mol. The summed E-state index contributed by atoms with van der Waals surface area (Å²) in [6.45, 7) is 3.93. The van der Waals surface area contributed by atoms with E-state index in [1.54, 1.807) is 36.4 Å². The maximum Gasteiger partial charge on any atom is 0.230 e. The number of aromatic nitrogens is 2. The SMILES string of the molecule is CC(C)=Cc1nc2c(nc1NC(=O)Cc1ccc(O)cc1)CCc1cc(O)ccc1-2.